The summed E-state index contributed by atoms with van der Waals surface area (Å²) in [7, 11) is 2.87. The van der Waals surface area contributed by atoms with Gasteiger partial charge in [-0.25, -0.2) is 9.59 Å². The van der Waals surface area contributed by atoms with E-state index < -0.39 is 54.2 Å². The van der Waals surface area contributed by atoms with Crippen molar-refractivity contribution in [2.24, 2.45) is 5.92 Å². The molecule has 4 unspecified atom stereocenters. The molecule has 0 saturated carbocycles. The van der Waals surface area contributed by atoms with Gasteiger partial charge in [0.2, 0.25) is 13.1 Å². The summed E-state index contributed by atoms with van der Waals surface area (Å²) in [6.45, 7) is 6.48. The van der Waals surface area contributed by atoms with Crippen molar-refractivity contribution < 1.29 is 57.4 Å². The Morgan fingerprint density at radius 3 is 2.31 bits per heavy atom. The summed E-state index contributed by atoms with van der Waals surface area (Å²) in [6.07, 6.45) is -0.472. The average molecular weight is 665 g/mol. The van der Waals surface area contributed by atoms with Crippen LogP contribution in [-0.2, 0) is 28.6 Å². The Morgan fingerprint density at radius 1 is 0.875 bits per heavy atom. The molecule has 48 heavy (non-hydrogen) atoms. The van der Waals surface area contributed by atoms with Gasteiger partial charge in [0.25, 0.3) is 0 Å². The van der Waals surface area contributed by atoms with E-state index in [0.29, 0.717) is 35.2 Å². The molecule has 1 aliphatic carbocycles. The number of carboxylic acids is 1. The number of carbonyl (C=O) groups is 3. The molecule has 2 aliphatic rings. The molecule has 0 spiro atoms. The number of esters is 2. The van der Waals surface area contributed by atoms with Gasteiger partial charge in [0.1, 0.15) is 17.2 Å². The van der Waals surface area contributed by atoms with Crippen molar-refractivity contribution in [1.29, 1.82) is 0 Å². The fourth-order valence-electron chi connectivity index (χ4n) is 5.93. The third-order valence-electron chi connectivity index (χ3n) is 8.41. The smallest absolute Gasteiger partial charge is 0.341 e. The highest BCUT2D eigenvalue weighted by Crippen LogP contribution is 2.56. The van der Waals surface area contributed by atoms with Gasteiger partial charge in [0.15, 0.2) is 23.7 Å². The summed E-state index contributed by atoms with van der Waals surface area (Å²) in [6, 6.07) is 16.2. The minimum absolute atomic E-state index is 0.0725. The molecule has 1 N–H and O–H groups in total. The van der Waals surface area contributed by atoms with E-state index in [2.05, 4.69) is 0 Å². The van der Waals surface area contributed by atoms with Crippen LogP contribution in [0.5, 0.6) is 28.7 Å². The summed E-state index contributed by atoms with van der Waals surface area (Å²) in [5.41, 5.74) is 1.58. The van der Waals surface area contributed by atoms with Crippen molar-refractivity contribution >= 4 is 17.9 Å². The monoisotopic (exact) mass is 664 g/mol. The van der Waals surface area contributed by atoms with Crippen LogP contribution in [0.3, 0.4) is 0 Å². The summed E-state index contributed by atoms with van der Waals surface area (Å²) in [5, 5.41) is 9.47. The van der Waals surface area contributed by atoms with Gasteiger partial charge in [-0.3, -0.25) is 4.79 Å². The van der Waals surface area contributed by atoms with Crippen molar-refractivity contribution in [3.05, 3.63) is 76.9 Å². The van der Waals surface area contributed by atoms with Crippen molar-refractivity contribution in [2.45, 2.75) is 57.8 Å². The molecule has 256 valence electrons. The second kappa shape index (κ2) is 14.4. The topological polar surface area (TPSA) is 145 Å². The lowest BCUT2D eigenvalue weighted by Crippen LogP contribution is -2.39. The molecule has 0 saturated heterocycles. The molecular formula is C36H40O12. The number of aliphatic carboxylic acids is 1. The number of benzene rings is 3. The van der Waals surface area contributed by atoms with E-state index in [1.807, 2.05) is 37.3 Å². The van der Waals surface area contributed by atoms with Crippen LogP contribution in [0.25, 0.3) is 0 Å². The first-order valence-corrected chi connectivity index (χ1v) is 15.6. The van der Waals surface area contributed by atoms with Crippen molar-refractivity contribution in [3.8, 4) is 28.7 Å². The van der Waals surface area contributed by atoms with Crippen LogP contribution in [0, 0.1) is 5.92 Å². The number of carbonyl (C=O) groups excluding carboxylic acids is 2. The van der Waals surface area contributed by atoms with E-state index in [1.165, 1.54) is 21.1 Å². The summed E-state index contributed by atoms with van der Waals surface area (Å²) in [5.74, 6) is -2.42. The summed E-state index contributed by atoms with van der Waals surface area (Å²) in [4.78, 5) is 38.8. The maximum atomic E-state index is 14.5. The molecule has 0 bridgehead atoms. The molecule has 0 amide bonds. The number of carboxylic acid groups (broad SMARTS) is 1. The summed E-state index contributed by atoms with van der Waals surface area (Å²) < 4.78 is 45.0. The third kappa shape index (κ3) is 7.13. The molecule has 4 atom stereocenters. The zero-order chi connectivity index (χ0) is 34.6. The molecule has 3 aromatic rings. The normalized spacial score (nSPS) is 18.4. The van der Waals surface area contributed by atoms with Crippen LogP contribution in [0.1, 0.15) is 68.2 Å². The van der Waals surface area contributed by atoms with Gasteiger partial charge in [-0.1, -0.05) is 25.1 Å². The second-order valence-corrected chi connectivity index (χ2v) is 11.9. The van der Waals surface area contributed by atoms with Crippen LogP contribution in [0.4, 0.5) is 0 Å². The predicted octanol–water partition coefficient (Wildman–Crippen LogP) is 5.43. The highest BCUT2D eigenvalue weighted by molar-refractivity contribution is 5.81. The zero-order valence-electron chi connectivity index (χ0n) is 27.8. The predicted molar refractivity (Wildman–Crippen MR) is 171 cm³/mol. The van der Waals surface area contributed by atoms with E-state index in [1.54, 1.807) is 38.1 Å². The van der Waals surface area contributed by atoms with E-state index in [9.17, 15) is 19.5 Å². The van der Waals surface area contributed by atoms with Crippen LogP contribution < -0.4 is 23.7 Å². The molecule has 0 fully saturated rings. The van der Waals surface area contributed by atoms with Gasteiger partial charge in [-0.15, -0.1) is 0 Å². The van der Waals surface area contributed by atoms with Crippen LogP contribution in [0.15, 0.2) is 54.6 Å². The molecule has 1 aliphatic heterocycles. The molecule has 12 heteroatoms. The maximum absolute atomic E-state index is 14.5. The largest absolute Gasteiger partial charge is 0.497 e. The number of rotatable bonds is 14. The lowest BCUT2D eigenvalue weighted by Gasteiger charge is -2.28. The van der Waals surface area contributed by atoms with Crippen LogP contribution in [0.2, 0.25) is 0 Å². The molecule has 1 heterocycles. The van der Waals surface area contributed by atoms with Crippen molar-refractivity contribution in [1.82, 2.24) is 0 Å². The Bertz CT molecular complexity index is 1660. The number of hydrogen-bond acceptors (Lipinski definition) is 11. The Kier molecular flexibility index (Phi) is 10.3. The van der Waals surface area contributed by atoms with Gasteiger partial charge in [-0.05, 0) is 67.3 Å². The molecule has 5 rings (SSSR count). The molecule has 3 aromatic carbocycles. The SMILES string of the molecule is CCCOc1ccc2c(c1)C(c1ccc(OC)cc1OCC(=O)O)C(C(=O)OC(C)OC(=O)C(C)(C)OC)C2c1ccc2c(c1)OCO2. The number of fused-ring (bicyclic) bond motifs is 2. The Balaban J connectivity index is 1.66. The van der Waals surface area contributed by atoms with E-state index >= 15 is 0 Å². The van der Waals surface area contributed by atoms with Crippen molar-refractivity contribution in [3.63, 3.8) is 0 Å². The molecule has 0 radical (unpaired) electrons. The standard InChI is InChI=1S/C36H40O12/c1-7-14-43-23-10-11-24-26(16-23)32(25-12-9-22(41-5)17-28(25)44-18-30(37)38)33(31(24)21-8-13-27-29(15-21)46-19-45-27)34(39)47-20(2)48-35(40)36(3,4)42-6/h8-13,15-17,20,31-33H,7,14,18-19H2,1-6H3,(H,37,38). The van der Waals surface area contributed by atoms with Gasteiger partial charge in [-0.2, -0.15) is 0 Å². The van der Waals surface area contributed by atoms with E-state index in [4.69, 9.17) is 37.9 Å². The number of hydrogen-bond donors (Lipinski definition) is 1. The Morgan fingerprint density at radius 2 is 1.60 bits per heavy atom. The molecule has 12 nitrogen and oxygen atoms in total. The molecular weight excluding hydrogens is 624 g/mol. The van der Waals surface area contributed by atoms with Crippen LogP contribution in [-0.4, -0.2) is 69.1 Å². The lowest BCUT2D eigenvalue weighted by molar-refractivity contribution is -0.200. The summed E-state index contributed by atoms with van der Waals surface area (Å²) >= 11 is 0. The average Bonchev–Trinajstić information content (AvgIpc) is 3.68. The highest BCUT2D eigenvalue weighted by Gasteiger charge is 2.49. The van der Waals surface area contributed by atoms with E-state index in [-0.39, 0.29) is 12.5 Å². The Hall–Kier alpha value is -4.97. The van der Waals surface area contributed by atoms with E-state index in [0.717, 1.165) is 23.1 Å². The quantitative estimate of drug-likeness (QED) is 0.173. The van der Waals surface area contributed by atoms with Gasteiger partial charge in [0.05, 0.1) is 19.6 Å². The zero-order valence-corrected chi connectivity index (χ0v) is 27.8. The molecule has 0 aromatic heterocycles. The Labute approximate surface area is 278 Å². The fraction of sp³-hybridized carbons (Fsp3) is 0.417. The number of methoxy groups -OCH3 is 2. The number of ether oxygens (including phenoxy) is 8. The highest BCUT2D eigenvalue weighted by atomic mass is 16.7. The fourth-order valence-corrected chi connectivity index (χ4v) is 5.93. The van der Waals surface area contributed by atoms with Gasteiger partial charge in [0, 0.05) is 37.5 Å². The third-order valence-corrected chi connectivity index (χ3v) is 8.41. The lowest BCUT2D eigenvalue weighted by atomic mass is 9.79. The van der Waals surface area contributed by atoms with Gasteiger partial charge >= 0.3 is 17.9 Å². The van der Waals surface area contributed by atoms with Gasteiger partial charge < -0.3 is 43.0 Å². The first-order valence-electron chi connectivity index (χ1n) is 15.6. The van der Waals surface area contributed by atoms with Crippen LogP contribution >= 0.6 is 0 Å². The maximum Gasteiger partial charge on any atom is 0.341 e. The second-order valence-electron chi connectivity index (χ2n) is 11.9. The minimum atomic E-state index is -1.27. The first kappa shape index (κ1) is 34.4. The van der Waals surface area contributed by atoms with Crippen molar-refractivity contribution in [2.75, 3.05) is 34.2 Å². The minimum Gasteiger partial charge on any atom is -0.497 e. The first-order chi connectivity index (χ1) is 23.0.